The van der Waals surface area contributed by atoms with Crippen molar-refractivity contribution in [2.45, 2.75) is 45.4 Å². The molecule has 0 unspecified atom stereocenters. The molecule has 88 valence electrons. The van der Waals surface area contributed by atoms with Crippen LogP contribution in [0.2, 0.25) is 5.02 Å². The molecule has 0 aromatic heterocycles. The zero-order chi connectivity index (χ0) is 11.8. The fraction of sp³-hybridized carbons (Fsp3) is 0.500. The van der Waals surface area contributed by atoms with Crippen molar-refractivity contribution in [1.82, 2.24) is 0 Å². The third kappa shape index (κ3) is 5.32. The van der Waals surface area contributed by atoms with Gasteiger partial charge in [-0.25, -0.2) is 0 Å². The smallest absolute Gasteiger partial charge is 0.133 e. The predicted octanol–water partition coefficient (Wildman–Crippen LogP) is 4.42. The molecule has 0 fully saturated rings. The zero-order valence-electron chi connectivity index (χ0n) is 9.84. The number of halogens is 1. The summed E-state index contributed by atoms with van der Waals surface area (Å²) in [5.41, 5.74) is 1.19. The van der Waals surface area contributed by atoms with Crippen LogP contribution in [0.15, 0.2) is 24.3 Å². The fourth-order valence-electron chi connectivity index (χ4n) is 1.63. The summed E-state index contributed by atoms with van der Waals surface area (Å²) in [6, 6.07) is 7.72. The minimum atomic E-state index is 0.378. The van der Waals surface area contributed by atoms with Gasteiger partial charge in [-0.05, 0) is 30.5 Å². The van der Waals surface area contributed by atoms with Crippen LogP contribution in [-0.4, -0.2) is 5.78 Å². The maximum absolute atomic E-state index is 11.5. The average Bonchev–Trinajstić information content (AvgIpc) is 2.29. The lowest BCUT2D eigenvalue weighted by atomic mass is 10.0. The first-order valence-electron chi connectivity index (χ1n) is 5.98. The zero-order valence-corrected chi connectivity index (χ0v) is 10.6. The second-order valence-electron chi connectivity index (χ2n) is 4.12. The van der Waals surface area contributed by atoms with Gasteiger partial charge >= 0.3 is 0 Å². The highest BCUT2D eigenvalue weighted by Crippen LogP contribution is 2.12. The summed E-state index contributed by atoms with van der Waals surface area (Å²) < 4.78 is 0. The second kappa shape index (κ2) is 7.45. The van der Waals surface area contributed by atoms with Crippen LogP contribution in [0.3, 0.4) is 0 Å². The Hall–Kier alpha value is -0.820. The molecule has 0 saturated carbocycles. The minimum Gasteiger partial charge on any atom is -0.300 e. The van der Waals surface area contributed by atoms with Crippen molar-refractivity contribution in [3.8, 4) is 0 Å². The van der Waals surface area contributed by atoms with Crippen LogP contribution >= 0.6 is 11.6 Å². The molecule has 16 heavy (non-hydrogen) atoms. The van der Waals surface area contributed by atoms with Gasteiger partial charge in [0.1, 0.15) is 5.78 Å². The summed E-state index contributed by atoms with van der Waals surface area (Å²) in [4.78, 5) is 11.5. The topological polar surface area (TPSA) is 17.1 Å². The van der Waals surface area contributed by atoms with E-state index in [1.165, 1.54) is 12.0 Å². The van der Waals surface area contributed by atoms with Gasteiger partial charge in [-0.3, -0.25) is 4.79 Å². The van der Waals surface area contributed by atoms with Gasteiger partial charge in [0.2, 0.25) is 0 Å². The molecule has 0 heterocycles. The van der Waals surface area contributed by atoms with Crippen LogP contribution in [0.4, 0.5) is 0 Å². The highest BCUT2D eigenvalue weighted by atomic mass is 35.5. The maximum atomic E-state index is 11.5. The third-order valence-electron chi connectivity index (χ3n) is 2.66. The van der Waals surface area contributed by atoms with Crippen LogP contribution in [0.1, 0.15) is 44.6 Å². The van der Waals surface area contributed by atoms with Gasteiger partial charge < -0.3 is 0 Å². The highest BCUT2D eigenvalue weighted by molar-refractivity contribution is 6.30. The molecule has 0 amide bonds. The molecule has 0 N–H and O–H groups in total. The summed E-state index contributed by atoms with van der Waals surface area (Å²) in [5.74, 6) is 0.378. The number of hydrogen-bond acceptors (Lipinski definition) is 1. The van der Waals surface area contributed by atoms with E-state index < -0.39 is 0 Å². The first-order chi connectivity index (χ1) is 7.72. The van der Waals surface area contributed by atoms with Crippen LogP contribution in [0.5, 0.6) is 0 Å². The van der Waals surface area contributed by atoms with Gasteiger partial charge in [0.05, 0.1) is 0 Å². The molecule has 0 spiro atoms. The molecule has 0 atom stereocenters. The number of carbonyl (C=O) groups is 1. The molecule has 0 saturated heterocycles. The molecule has 0 radical (unpaired) electrons. The fourth-order valence-corrected chi connectivity index (χ4v) is 1.76. The van der Waals surface area contributed by atoms with Crippen molar-refractivity contribution < 1.29 is 4.79 Å². The van der Waals surface area contributed by atoms with E-state index in [0.29, 0.717) is 12.2 Å². The van der Waals surface area contributed by atoms with Gasteiger partial charge in [0.25, 0.3) is 0 Å². The second-order valence-corrected chi connectivity index (χ2v) is 4.56. The Morgan fingerprint density at radius 1 is 1.12 bits per heavy atom. The van der Waals surface area contributed by atoms with Crippen LogP contribution in [0, 0.1) is 0 Å². The monoisotopic (exact) mass is 238 g/mol. The van der Waals surface area contributed by atoms with Crippen molar-refractivity contribution >= 4 is 17.4 Å². The highest BCUT2D eigenvalue weighted by Gasteiger charge is 2.02. The molecule has 0 aliphatic heterocycles. The quantitative estimate of drug-likeness (QED) is 0.643. The van der Waals surface area contributed by atoms with E-state index in [1.54, 1.807) is 0 Å². The van der Waals surface area contributed by atoms with E-state index in [4.69, 9.17) is 11.6 Å². The van der Waals surface area contributed by atoms with Crippen molar-refractivity contribution in [1.29, 1.82) is 0 Å². The molecule has 1 nitrogen and oxygen atoms in total. The lowest BCUT2D eigenvalue weighted by Crippen LogP contribution is -1.99. The molecule has 1 rings (SSSR count). The number of unbranched alkanes of at least 4 members (excludes halogenated alkanes) is 2. The Bertz CT molecular complexity index is 316. The molecule has 2 heteroatoms. The SMILES string of the molecule is CCCCCC(=O)CCc1ccc(Cl)cc1. The van der Waals surface area contributed by atoms with Crippen molar-refractivity contribution in [3.05, 3.63) is 34.9 Å². The molecular weight excluding hydrogens is 220 g/mol. The van der Waals surface area contributed by atoms with E-state index in [1.807, 2.05) is 24.3 Å². The van der Waals surface area contributed by atoms with E-state index >= 15 is 0 Å². The number of Topliss-reactive ketones (excluding diaryl/α,β-unsaturated/α-hetero) is 1. The van der Waals surface area contributed by atoms with Gasteiger partial charge in [0, 0.05) is 17.9 Å². The third-order valence-corrected chi connectivity index (χ3v) is 2.92. The van der Waals surface area contributed by atoms with Gasteiger partial charge in [-0.2, -0.15) is 0 Å². The number of benzene rings is 1. The molecule has 0 bridgehead atoms. The molecule has 1 aromatic carbocycles. The maximum Gasteiger partial charge on any atom is 0.133 e. The van der Waals surface area contributed by atoms with E-state index in [-0.39, 0.29) is 0 Å². The van der Waals surface area contributed by atoms with Gasteiger partial charge in [-0.15, -0.1) is 0 Å². The minimum absolute atomic E-state index is 0.378. The van der Waals surface area contributed by atoms with Crippen molar-refractivity contribution in [3.63, 3.8) is 0 Å². The Balaban J connectivity index is 2.23. The lowest BCUT2D eigenvalue weighted by Gasteiger charge is -2.01. The number of hydrogen-bond donors (Lipinski definition) is 0. The molecule has 0 aliphatic rings. The molecule has 1 aromatic rings. The summed E-state index contributed by atoms with van der Waals surface area (Å²) >= 11 is 5.79. The summed E-state index contributed by atoms with van der Waals surface area (Å²) in [7, 11) is 0. The normalized spacial score (nSPS) is 10.4. The van der Waals surface area contributed by atoms with E-state index in [9.17, 15) is 4.79 Å². The average molecular weight is 239 g/mol. The summed E-state index contributed by atoms with van der Waals surface area (Å²) in [6.45, 7) is 2.15. The largest absolute Gasteiger partial charge is 0.300 e. The van der Waals surface area contributed by atoms with Gasteiger partial charge in [-0.1, -0.05) is 43.5 Å². The van der Waals surface area contributed by atoms with E-state index in [2.05, 4.69) is 6.92 Å². The predicted molar refractivity (Wildman–Crippen MR) is 68.9 cm³/mol. The van der Waals surface area contributed by atoms with Crippen LogP contribution < -0.4 is 0 Å². The Kier molecular flexibility index (Phi) is 6.17. The summed E-state index contributed by atoms with van der Waals surface area (Å²) in [6.07, 6.45) is 5.60. The first-order valence-corrected chi connectivity index (χ1v) is 6.36. The first kappa shape index (κ1) is 13.2. The standard InChI is InChI=1S/C14H19ClO/c1-2-3-4-5-14(16)11-8-12-6-9-13(15)10-7-12/h6-7,9-10H,2-5,8,11H2,1H3. The number of ketones is 1. The molecule has 0 aliphatic carbocycles. The Labute approximate surface area is 103 Å². The Morgan fingerprint density at radius 3 is 2.44 bits per heavy atom. The number of aryl methyl sites for hydroxylation is 1. The Morgan fingerprint density at radius 2 is 1.81 bits per heavy atom. The van der Waals surface area contributed by atoms with E-state index in [0.717, 1.165) is 30.7 Å². The number of rotatable bonds is 7. The number of carbonyl (C=O) groups excluding carboxylic acids is 1. The van der Waals surface area contributed by atoms with Crippen molar-refractivity contribution in [2.24, 2.45) is 0 Å². The van der Waals surface area contributed by atoms with Crippen LogP contribution in [-0.2, 0) is 11.2 Å². The van der Waals surface area contributed by atoms with Crippen LogP contribution in [0.25, 0.3) is 0 Å². The van der Waals surface area contributed by atoms with Crippen molar-refractivity contribution in [2.75, 3.05) is 0 Å². The van der Waals surface area contributed by atoms with Gasteiger partial charge in [0.15, 0.2) is 0 Å². The summed E-state index contributed by atoms with van der Waals surface area (Å²) in [5, 5.41) is 0.748. The lowest BCUT2D eigenvalue weighted by molar-refractivity contribution is -0.119. The molecular formula is C14H19ClO.